The minimum atomic E-state index is 0.0633. The number of allylic oxidation sites excluding steroid dienone is 2. The number of nitrogens with zero attached hydrogens (tertiary/aromatic N) is 2. The van der Waals surface area contributed by atoms with Crippen molar-refractivity contribution in [1.82, 2.24) is 4.90 Å². The Morgan fingerprint density at radius 1 is 0.806 bits per heavy atom. The van der Waals surface area contributed by atoms with Gasteiger partial charge in [0, 0.05) is 16.9 Å². The average molecular weight is 413 g/mol. The van der Waals surface area contributed by atoms with Crippen molar-refractivity contribution in [2.45, 2.75) is 78.4 Å². The summed E-state index contributed by atoms with van der Waals surface area (Å²) in [4.78, 5) is 5.39. The highest BCUT2D eigenvalue weighted by Crippen LogP contribution is 2.55. The van der Waals surface area contributed by atoms with Gasteiger partial charge in [0.15, 0.2) is 0 Å². The summed E-state index contributed by atoms with van der Waals surface area (Å²) in [7, 11) is 0. The fourth-order valence-electron chi connectivity index (χ4n) is 6.44. The van der Waals surface area contributed by atoms with Crippen molar-refractivity contribution in [1.29, 1.82) is 0 Å². The largest absolute Gasteiger partial charge is 0.336 e. The van der Waals surface area contributed by atoms with Crippen LogP contribution in [-0.4, -0.2) is 10.4 Å². The van der Waals surface area contributed by atoms with Gasteiger partial charge in [-0.2, -0.15) is 0 Å². The molecule has 0 spiro atoms. The summed E-state index contributed by atoms with van der Waals surface area (Å²) in [6.45, 7) is 11.6. The van der Waals surface area contributed by atoms with Crippen LogP contribution < -0.4 is 4.90 Å². The number of fused-ring (bicyclic) bond motifs is 1. The molecule has 1 fully saturated rings. The Morgan fingerprint density at radius 3 is 2.13 bits per heavy atom. The Morgan fingerprint density at radius 2 is 1.45 bits per heavy atom. The van der Waals surface area contributed by atoms with E-state index in [1.54, 1.807) is 0 Å². The topological polar surface area (TPSA) is 6.48 Å². The molecule has 3 aliphatic rings. The van der Waals surface area contributed by atoms with Crippen LogP contribution in [0.3, 0.4) is 0 Å². The van der Waals surface area contributed by atoms with E-state index in [2.05, 4.69) is 99.0 Å². The molecule has 162 valence electrons. The Labute approximate surface area is 188 Å². The second kappa shape index (κ2) is 7.58. The number of aryl methyl sites for hydroxylation is 3. The van der Waals surface area contributed by atoms with Crippen LogP contribution in [0.15, 0.2) is 66.0 Å². The molecule has 2 nitrogen and oxygen atoms in total. The fourth-order valence-corrected chi connectivity index (χ4v) is 6.44. The number of hydrogen-bond acceptors (Lipinski definition) is 2. The third kappa shape index (κ3) is 3.06. The van der Waals surface area contributed by atoms with Gasteiger partial charge in [0.1, 0.15) is 6.17 Å². The van der Waals surface area contributed by atoms with Gasteiger partial charge >= 0.3 is 0 Å². The van der Waals surface area contributed by atoms with Gasteiger partial charge in [0.05, 0.1) is 11.2 Å². The molecule has 0 saturated heterocycles. The van der Waals surface area contributed by atoms with E-state index in [0.717, 1.165) is 0 Å². The van der Waals surface area contributed by atoms with Crippen LogP contribution in [0.1, 0.15) is 74.4 Å². The molecular formula is C29H36N2. The molecule has 2 heteroatoms. The van der Waals surface area contributed by atoms with Crippen molar-refractivity contribution >= 4 is 5.69 Å². The predicted octanol–water partition coefficient (Wildman–Crippen LogP) is 7.57. The molecule has 1 saturated carbocycles. The van der Waals surface area contributed by atoms with Crippen LogP contribution in [0, 0.1) is 26.7 Å². The first kappa shape index (κ1) is 20.4. The summed E-state index contributed by atoms with van der Waals surface area (Å²) in [5.74, 6) is 0.714. The highest BCUT2D eigenvalue weighted by Gasteiger charge is 2.52. The molecule has 2 unspecified atom stereocenters. The Balaban J connectivity index is 1.71. The molecule has 0 bridgehead atoms. The molecule has 1 aliphatic carbocycles. The fraction of sp³-hybridized carbons (Fsp3) is 0.448. The van der Waals surface area contributed by atoms with Crippen LogP contribution >= 0.6 is 0 Å². The molecule has 2 aromatic carbocycles. The lowest BCUT2D eigenvalue weighted by molar-refractivity contribution is 0.0863. The van der Waals surface area contributed by atoms with Gasteiger partial charge in [-0.1, -0.05) is 61.7 Å². The zero-order chi connectivity index (χ0) is 21.8. The molecule has 2 aromatic rings. The zero-order valence-electron chi connectivity index (χ0n) is 19.8. The lowest BCUT2D eigenvalue weighted by Crippen LogP contribution is -2.50. The second-order valence-electron chi connectivity index (χ2n) is 10.1. The highest BCUT2D eigenvalue weighted by molar-refractivity contribution is 5.65. The molecule has 2 heterocycles. The molecule has 31 heavy (non-hydrogen) atoms. The number of benzene rings is 2. The predicted molar refractivity (Wildman–Crippen MR) is 131 cm³/mol. The minimum absolute atomic E-state index is 0.0633. The standard InChI is InChI=1S/C29H36N2/c1-20-12-9-10-17-25(20)30-23(4)26-18-19-29(5,24-15-7-6-8-16-24)31(26)28(30)27-21(2)13-11-14-22(27)3/h9-14,17-19,24,28H,6-8,15-16H2,1-5H3. The molecule has 0 amide bonds. The van der Waals surface area contributed by atoms with Crippen molar-refractivity contribution in [2.75, 3.05) is 4.90 Å². The normalized spacial score (nSPS) is 26.2. The summed E-state index contributed by atoms with van der Waals surface area (Å²) >= 11 is 0. The summed E-state index contributed by atoms with van der Waals surface area (Å²) in [6.07, 6.45) is 12.0. The van der Waals surface area contributed by atoms with Crippen molar-refractivity contribution in [3.63, 3.8) is 0 Å². The van der Waals surface area contributed by atoms with Gasteiger partial charge in [0.2, 0.25) is 0 Å². The number of anilines is 1. The van der Waals surface area contributed by atoms with E-state index in [9.17, 15) is 0 Å². The third-order valence-corrected chi connectivity index (χ3v) is 8.19. The Kier molecular flexibility index (Phi) is 5.00. The molecule has 0 aromatic heterocycles. The van der Waals surface area contributed by atoms with Gasteiger partial charge in [-0.25, -0.2) is 0 Å². The first-order valence-electron chi connectivity index (χ1n) is 12.0. The first-order chi connectivity index (χ1) is 14.9. The number of hydrogen-bond donors (Lipinski definition) is 0. The SMILES string of the molecule is CC1=C2C=CC(C)(C3CCCCC3)N2C(c2c(C)cccc2C)N1c1ccccc1C. The van der Waals surface area contributed by atoms with Crippen molar-refractivity contribution in [3.8, 4) is 0 Å². The quantitative estimate of drug-likeness (QED) is 0.513. The van der Waals surface area contributed by atoms with Crippen LogP contribution in [0.25, 0.3) is 0 Å². The maximum atomic E-state index is 2.78. The third-order valence-electron chi connectivity index (χ3n) is 8.19. The minimum Gasteiger partial charge on any atom is -0.336 e. The van der Waals surface area contributed by atoms with E-state index in [1.165, 1.54) is 71.4 Å². The lowest BCUT2D eigenvalue weighted by atomic mass is 9.75. The van der Waals surface area contributed by atoms with Crippen molar-refractivity contribution in [3.05, 3.63) is 88.3 Å². The summed E-state index contributed by atoms with van der Waals surface area (Å²) in [6, 6.07) is 15.6. The van der Waals surface area contributed by atoms with Gasteiger partial charge in [-0.15, -0.1) is 0 Å². The molecule has 2 aliphatic heterocycles. The smallest absolute Gasteiger partial charge is 0.133 e. The zero-order valence-corrected chi connectivity index (χ0v) is 19.8. The lowest BCUT2D eigenvalue weighted by Gasteiger charge is -2.48. The van der Waals surface area contributed by atoms with E-state index in [0.29, 0.717) is 5.92 Å². The first-order valence-corrected chi connectivity index (χ1v) is 12.0. The van der Waals surface area contributed by atoms with E-state index in [1.807, 2.05) is 0 Å². The Bertz CT molecular complexity index is 1040. The number of rotatable bonds is 3. The van der Waals surface area contributed by atoms with E-state index >= 15 is 0 Å². The second-order valence-corrected chi connectivity index (χ2v) is 10.1. The number of para-hydroxylation sites is 1. The molecular weight excluding hydrogens is 376 g/mol. The van der Waals surface area contributed by atoms with Gasteiger partial charge in [0.25, 0.3) is 0 Å². The monoisotopic (exact) mass is 412 g/mol. The summed E-state index contributed by atoms with van der Waals surface area (Å²) in [5.41, 5.74) is 9.74. The summed E-state index contributed by atoms with van der Waals surface area (Å²) < 4.78 is 0. The molecule has 0 N–H and O–H groups in total. The molecule has 0 radical (unpaired) electrons. The van der Waals surface area contributed by atoms with Crippen LogP contribution in [0.2, 0.25) is 0 Å². The Hall–Kier alpha value is -2.48. The van der Waals surface area contributed by atoms with Crippen LogP contribution in [-0.2, 0) is 0 Å². The van der Waals surface area contributed by atoms with E-state index in [4.69, 9.17) is 0 Å². The maximum Gasteiger partial charge on any atom is 0.133 e. The highest BCUT2D eigenvalue weighted by atomic mass is 15.5. The summed E-state index contributed by atoms with van der Waals surface area (Å²) in [5, 5.41) is 0. The van der Waals surface area contributed by atoms with Crippen LogP contribution in [0.5, 0.6) is 0 Å². The van der Waals surface area contributed by atoms with Crippen molar-refractivity contribution < 1.29 is 0 Å². The molecule has 2 atom stereocenters. The average Bonchev–Trinajstić information content (AvgIpc) is 3.26. The van der Waals surface area contributed by atoms with Gasteiger partial charge in [-0.05, 0) is 82.2 Å². The van der Waals surface area contributed by atoms with Gasteiger partial charge in [-0.3, -0.25) is 0 Å². The molecule has 5 rings (SSSR count). The maximum absolute atomic E-state index is 2.78. The van der Waals surface area contributed by atoms with E-state index in [-0.39, 0.29) is 11.7 Å². The van der Waals surface area contributed by atoms with E-state index < -0.39 is 0 Å². The van der Waals surface area contributed by atoms with Gasteiger partial charge < -0.3 is 9.80 Å². The van der Waals surface area contributed by atoms with Crippen molar-refractivity contribution in [2.24, 2.45) is 5.92 Å². The van der Waals surface area contributed by atoms with Crippen LogP contribution in [0.4, 0.5) is 5.69 Å².